The van der Waals surface area contributed by atoms with Crippen LogP contribution in [-0.2, 0) is 14.8 Å². The topological polar surface area (TPSA) is 84.9 Å². The van der Waals surface area contributed by atoms with E-state index in [0.29, 0.717) is 17.2 Å². The van der Waals surface area contributed by atoms with Crippen LogP contribution in [0.4, 0.5) is 15.8 Å². The van der Waals surface area contributed by atoms with Crippen molar-refractivity contribution in [3.63, 3.8) is 0 Å². The first-order valence-electron chi connectivity index (χ1n) is 9.61. The van der Waals surface area contributed by atoms with Gasteiger partial charge >= 0.3 is 0 Å². The molecule has 3 aromatic carbocycles. The number of anilines is 2. The number of amides is 1. The fourth-order valence-corrected chi connectivity index (χ4v) is 4.41. The summed E-state index contributed by atoms with van der Waals surface area (Å²) in [6, 6.07) is 16.1. The van der Waals surface area contributed by atoms with Gasteiger partial charge in [0.25, 0.3) is 10.0 Å². The molecule has 0 aliphatic rings. The van der Waals surface area contributed by atoms with Crippen LogP contribution >= 0.6 is 0 Å². The third-order valence-corrected chi connectivity index (χ3v) is 6.47. The van der Waals surface area contributed by atoms with Gasteiger partial charge in [-0.15, -0.1) is 0 Å². The van der Waals surface area contributed by atoms with Gasteiger partial charge in [-0.2, -0.15) is 0 Å². The zero-order chi connectivity index (χ0) is 23.3. The molecule has 0 fully saturated rings. The lowest BCUT2D eigenvalue weighted by Crippen LogP contribution is -2.38. The molecule has 1 amide bonds. The summed E-state index contributed by atoms with van der Waals surface area (Å²) in [5.41, 5.74) is 1.46. The predicted octanol–water partition coefficient (Wildman–Crippen LogP) is 3.99. The highest BCUT2D eigenvalue weighted by Crippen LogP contribution is 2.33. The quantitative estimate of drug-likeness (QED) is 0.552. The van der Waals surface area contributed by atoms with Crippen LogP contribution in [0.25, 0.3) is 0 Å². The smallest absolute Gasteiger partial charge is 0.264 e. The number of rotatable bonds is 8. The van der Waals surface area contributed by atoms with Crippen LogP contribution in [0.3, 0.4) is 0 Å². The van der Waals surface area contributed by atoms with Gasteiger partial charge < -0.3 is 14.8 Å². The van der Waals surface area contributed by atoms with E-state index in [1.165, 1.54) is 62.8 Å². The maximum Gasteiger partial charge on any atom is 0.264 e. The van der Waals surface area contributed by atoms with Gasteiger partial charge in [0.2, 0.25) is 5.91 Å². The number of carbonyl (C=O) groups excluding carboxylic acids is 1. The molecule has 0 heterocycles. The molecular weight excluding hydrogens is 435 g/mol. The van der Waals surface area contributed by atoms with Crippen molar-refractivity contribution in [3.05, 3.63) is 78.1 Å². The van der Waals surface area contributed by atoms with Crippen LogP contribution < -0.4 is 19.1 Å². The third-order valence-electron chi connectivity index (χ3n) is 4.68. The number of benzene rings is 3. The Balaban J connectivity index is 1.99. The molecule has 0 aromatic heterocycles. The van der Waals surface area contributed by atoms with Crippen molar-refractivity contribution in [1.82, 2.24) is 0 Å². The van der Waals surface area contributed by atoms with Crippen LogP contribution in [-0.4, -0.2) is 35.1 Å². The molecule has 0 spiro atoms. The molecule has 0 aliphatic carbocycles. The minimum absolute atomic E-state index is 0.0347. The number of halogens is 1. The van der Waals surface area contributed by atoms with Gasteiger partial charge in [-0.1, -0.05) is 17.7 Å². The fraction of sp³-hybridized carbons (Fsp3) is 0.174. The van der Waals surface area contributed by atoms with Crippen molar-refractivity contribution in [3.8, 4) is 11.5 Å². The Bertz CT molecular complexity index is 1200. The molecule has 168 valence electrons. The number of methoxy groups -OCH3 is 2. The highest BCUT2D eigenvalue weighted by atomic mass is 32.2. The lowest BCUT2D eigenvalue weighted by atomic mass is 10.2. The summed E-state index contributed by atoms with van der Waals surface area (Å²) in [6.45, 7) is 1.34. The number of nitrogens with one attached hydrogen (secondary N) is 1. The lowest BCUT2D eigenvalue weighted by molar-refractivity contribution is -0.114. The predicted molar refractivity (Wildman–Crippen MR) is 120 cm³/mol. The summed E-state index contributed by atoms with van der Waals surface area (Å²) in [5, 5.41) is 2.59. The van der Waals surface area contributed by atoms with Gasteiger partial charge in [0.15, 0.2) is 11.5 Å². The molecule has 0 saturated carbocycles. The van der Waals surface area contributed by atoms with Crippen LogP contribution in [0.2, 0.25) is 0 Å². The summed E-state index contributed by atoms with van der Waals surface area (Å²) >= 11 is 0. The second kappa shape index (κ2) is 9.69. The number of carbonyl (C=O) groups is 1. The molecule has 32 heavy (non-hydrogen) atoms. The summed E-state index contributed by atoms with van der Waals surface area (Å²) in [6.07, 6.45) is 0. The van der Waals surface area contributed by atoms with E-state index in [1.807, 2.05) is 6.92 Å². The van der Waals surface area contributed by atoms with Gasteiger partial charge in [0, 0.05) is 11.8 Å². The van der Waals surface area contributed by atoms with Gasteiger partial charge in [0.1, 0.15) is 12.4 Å². The number of sulfonamides is 1. The van der Waals surface area contributed by atoms with E-state index in [0.717, 1.165) is 9.87 Å². The minimum Gasteiger partial charge on any atom is -0.493 e. The van der Waals surface area contributed by atoms with E-state index in [9.17, 15) is 17.6 Å². The van der Waals surface area contributed by atoms with Crippen molar-refractivity contribution in [2.45, 2.75) is 11.8 Å². The molecule has 3 rings (SSSR count). The number of hydrogen-bond donors (Lipinski definition) is 1. The third kappa shape index (κ3) is 5.17. The molecule has 1 N–H and O–H groups in total. The average Bonchev–Trinajstić information content (AvgIpc) is 2.78. The molecule has 0 saturated heterocycles. The number of aryl methyl sites for hydroxylation is 1. The molecule has 9 heteroatoms. The summed E-state index contributed by atoms with van der Waals surface area (Å²) in [4.78, 5) is 12.8. The molecule has 3 aromatic rings. The fourth-order valence-electron chi connectivity index (χ4n) is 3.00. The summed E-state index contributed by atoms with van der Waals surface area (Å²) in [7, 11) is -1.19. The monoisotopic (exact) mass is 458 g/mol. The van der Waals surface area contributed by atoms with Gasteiger partial charge in [-0.3, -0.25) is 9.10 Å². The summed E-state index contributed by atoms with van der Waals surface area (Å²) < 4.78 is 51.5. The minimum atomic E-state index is -4.09. The standard InChI is InChI=1S/C23H23FN2O5S/c1-16-4-11-20(12-5-16)32(28,29)26(19-10-13-21(30-2)22(14-19)31-3)15-23(27)25-18-8-6-17(24)7-9-18/h4-14H,15H2,1-3H3,(H,25,27). The lowest BCUT2D eigenvalue weighted by Gasteiger charge is -2.25. The van der Waals surface area contributed by atoms with E-state index < -0.39 is 28.3 Å². The Kier molecular flexibility index (Phi) is 6.99. The van der Waals surface area contributed by atoms with E-state index in [2.05, 4.69) is 5.32 Å². The zero-order valence-corrected chi connectivity index (χ0v) is 18.6. The number of ether oxygens (including phenoxy) is 2. The molecule has 0 atom stereocenters. The molecule has 0 unspecified atom stereocenters. The van der Waals surface area contributed by atoms with Crippen LogP contribution in [0.5, 0.6) is 11.5 Å². The Morgan fingerprint density at radius 1 is 0.938 bits per heavy atom. The highest BCUT2D eigenvalue weighted by Gasteiger charge is 2.28. The van der Waals surface area contributed by atoms with Crippen LogP contribution in [0, 0.1) is 12.7 Å². The molecular formula is C23H23FN2O5S. The summed E-state index contributed by atoms with van der Waals surface area (Å²) in [5.74, 6) is -0.313. The van der Waals surface area contributed by atoms with Gasteiger partial charge in [0.05, 0.1) is 24.8 Å². The Morgan fingerprint density at radius 2 is 1.56 bits per heavy atom. The van der Waals surface area contributed by atoms with Gasteiger partial charge in [-0.05, 0) is 55.5 Å². The van der Waals surface area contributed by atoms with Crippen molar-refractivity contribution in [1.29, 1.82) is 0 Å². The van der Waals surface area contributed by atoms with E-state index in [4.69, 9.17) is 9.47 Å². The molecule has 7 nitrogen and oxygen atoms in total. The second-order valence-electron chi connectivity index (χ2n) is 6.92. The first-order chi connectivity index (χ1) is 15.2. The zero-order valence-electron chi connectivity index (χ0n) is 17.8. The SMILES string of the molecule is COc1ccc(N(CC(=O)Nc2ccc(F)cc2)S(=O)(=O)c2ccc(C)cc2)cc1OC. The number of hydrogen-bond acceptors (Lipinski definition) is 5. The van der Waals surface area contributed by atoms with Crippen molar-refractivity contribution in [2.24, 2.45) is 0 Å². The first-order valence-corrected chi connectivity index (χ1v) is 11.1. The van der Waals surface area contributed by atoms with Crippen molar-refractivity contribution in [2.75, 3.05) is 30.4 Å². The Morgan fingerprint density at radius 3 is 2.16 bits per heavy atom. The van der Waals surface area contributed by atoms with Crippen molar-refractivity contribution >= 4 is 27.3 Å². The van der Waals surface area contributed by atoms with E-state index in [-0.39, 0.29) is 10.6 Å². The molecule has 0 aliphatic heterocycles. The maximum absolute atomic E-state index is 13.5. The maximum atomic E-state index is 13.5. The van der Waals surface area contributed by atoms with E-state index >= 15 is 0 Å². The average molecular weight is 459 g/mol. The van der Waals surface area contributed by atoms with Gasteiger partial charge in [-0.25, -0.2) is 12.8 Å². The van der Waals surface area contributed by atoms with Crippen LogP contribution in [0.1, 0.15) is 5.56 Å². The highest BCUT2D eigenvalue weighted by molar-refractivity contribution is 7.92. The Labute approximate surface area is 186 Å². The largest absolute Gasteiger partial charge is 0.493 e. The number of nitrogens with zero attached hydrogens (tertiary/aromatic N) is 1. The molecule has 0 radical (unpaired) electrons. The van der Waals surface area contributed by atoms with E-state index in [1.54, 1.807) is 18.2 Å². The molecule has 0 bridgehead atoms. The normalized spacial score (nSPS) is 11.0. The van der Waals surface area contributed by atoms with Crippen molar-refractivity contribution < 1.29 is 27.1 Å². The van der Waals surface area contributed by atoms with Crippen LogP contribution in [0.15, 0.2) is 71.6 Å². The Hall–Kier alpha value is -3.59. The second-order valence-corrected chi connectivity index (χ2v) is 8.78. The first kappa shape index (κ1) is 23.1.